The van der Waals surface area contributed by atoms with Crippen molar-refractivity contribution in [1.82, 2.24) is 4.31 Å². The van der Waals surface area contributed by atoms with Crippen LogP contribution in [-0.4, -0.2) is 31.8 Å². The normalized spacial score (nSPS) is 12.5. The minimum Gasteiger partial charge on any atom is -0.548 e. The van der Waals surface area contributed by atoms with E-state index < -0.39 is 22.0 Å². The van der Waals surface area contributed by atoms with Crippen molar-refractivity contribution in [2.24, 2.45) is 0 Å². The lowest BCUT2D eigenvalue weighted by molar-refractivity contribution is -0.310. The quantitative estimate of drug-likeness (QED) is 0.213. The van der Waals surface area contributed by atoms with Crippen molar-refractivity contribution in [3.63, 3.8) is 0 Å². The van der Waals surface area contributed by atoms with Crippen molar-refractivity contribution in [3.8, 4) is 17.1 Å². The number of furan rings is 1. The maximum atomic E-state index is 14.5. The molecule has 5 aromatic rings. The molecule has 216 valence electrons. The Hall–Kier alpha value is -4.40. The Morgan fingerprint density at radius 3 is 2.26 bits per heavy atom. The average Bonchev–Trinajstić information content (AvgIpc) is 3.42. The van der Waals surface area contributed by atoms with Crippen molar-refractivity contribution < 1.29 is 27.5 Å². The van der Waals surface area contributed by atoms with Gasteiger partial charge in [-0.1, -0.05) is 66.7 Å². The first-order valence-electron chi connectivity index (χ1n) is 13.6. The molecule has 1 atom stereocenters. The van der Waals surface area contributed by atoms with Gasteiger partial charge in [0.05, 0.1) is 24.0 Å². The lowest BCUT2D eigenvalue weighted by Crippen LogP contribution is -2.51. The van der Waals surface area contributed by atoms with Crippen molar-refractivity contribution in [2.75, 3.05) is 7.11 Å². The standard InChI is InChI=1S/C34H33NO6S/c1-22-17-31(40-4)23(2)24(3)33(22)42(38,39)35(29(34(36)37)19-25-11-6-5-7-12-25)21-26-13-10-15-27(18-26)32-20-28-14-8-9-16-30(28)41-32/h5-18,20,29H,19,21H2,1-4H3,(H,36,37)/p-1/t29-/m0/s1. The third kappa shape index (κ3) is 5.68. The number of ether oxygens (including phenoxy) is 1. The van der Waals surface area contributed by atoms with Crippen molar-refractivity contribution in [1.29, 1.82) is 0 Å². The van der Waals surface area contributed by atoms with E-state index >= 15 is 0 Å². The van der Waals surface area contributed by atoms with Gasteiger partial charge < -0.3 is 19.1 Å². The molecule has 8 heteroatoms. The predicted molar refractivity (Wildman–Crippen MR) is 161 cm³/mol. The third-order valence-electron chi connectivity index (χ3n) is 7.63. The van der Waals surface area contributed by atoms with Crippen LogP contribution in [0.1, 0.15) is 27.8 Å². The Labute approximate surface area is 246 Å². The van der Waals surface area contributed by atoms with E-state index in [1.807, 2.05) is 54.6 Å². The van der Waals surface area contributed by atoms with Gasteiger partial charge in [0.25, 0.3) is 0 Å². The molecule has 7 nitrogen and oxygen atoms in total. The van der Waals surface area contributed by atoms with Crippen LogP contribution in [0.4, 0.5) is 0 Å². The summed E-state index contributed by atoms with van der Waals surface area (Å²) in [4.78, 5) is 12.7. The monoisotopic (exact) mass is 582 g/mol. The van der Waals surface area contributed by atoms with Gasteiger partial charge in [0, 0.05) is 17.5 Å². The Morgan fingerprint density at radius 2 is 1.57 bits per heavy atom. The third-order valence-corrected chi connectivity index (χ3v) is 9.78. The summed E-state index contributed by atoms with van der Waals surface area (Å²) in [5.74, 6) is -0.281. The van der Waals surface area contributed by atoms with E-state index in [1.165, 1.54) is 7.11 Å². The fourth-order valence-electron chi connectivity index (χ4n) is 5.38. The molecule has 0 spiro atoms. The molecule has 1 heterocycles. The SMILES string of the molecule is COc1cc(C)c(S(=O)(=O)N(Cc2cccc(-c3cc4ccccc4o3)c2)[C@@H](Cc2ccccc2)C(=O)[O-])c(C)c1C. The van der Waals surface area contributed by atoms with E-state index in [1.54, 1.807) is 57.2 Å². The molecule has 0 bridgehead atoms. The molecule has 0 fully saturated rings. The Kier molecular flexibility index (Phi) is 8.20. The number of aryl methyl sites for hydroxylation is 1. The first-order chi connectivity index (χ1) is 20.1. The number of fused-ring (bicyclic) bond motifs is 1. The molecule has 0 saturated carbocycles. The van der Waals surface area contributed by atoms with Crippen molar-refractivity contribution in [2.45, 2.75) is 44.7 Å². The number of hydrogen-bond donors (Lipinski definition) is 0. The summed E-state index contributed by atoms with van der Waals surface area (Å²) in [5.41, 5.74) is 4.42. The second-order valence-electron chi connectivity index (χ2n) is 10.4. The van der Waals surface area contributed by atoms with Crippen molar-refractivity contribution in [3.05, 3.63) is 119 Å². The summed E-state index contributed by atoms with van der Waals surface area (Å²) in [7, 11) is -2.81. The smallest absolute Gasteiger partial charge is 0.244 e. The number of methoxy groups -OCH3 is 1. The maximum absolute atomic E-state index is 14.5. The highest BCUT2D eigenvalue weighted by Gasteiger charge is 2.35. The molecule has 0 radical (unpaired) electrons. The van der Waals surface area contributed by atoms with Crippen LogP contribution in [-0.2, 0) is 27.8 Å². The summed E-state index contributed by atoms with van der Waals surface area (Å²) in [6, 6.07) is 26.0. The van der Waals surface area contributed by atoms with Gasteiger partial charge in [0.15, 0.2) is 0 Å². The van der Waals surface area contributed by atoms with Gasteiger partial charge in [-0.15, -0.1) is 0 Å². The molecule has 5 rings (SSSR count). The zero-order chi connectivity index (χ0) is 30.0. The molecule has 0 aliphatic rings. The van der Waals surface area contributed by atoms with E-state index in [0.717, 1.165) is 20.8 Å². The summed E-state index contributed by atoms with van der Waals surface area (Å²) >= 11 is 0. The first kappa shape index (κ1) is 29.1. The minimum absolute atomic E-state index is 0.0566. The molecule has 0 aliphatic carbocycles. The van der Waals surface area contributed by atoms with Gasteiger partial charge in [-0.25, -0.2) is 8.42 Å². The maximum Gasteiger partial charge on any atom is 0.244 e. The molecule has 0 unspecified atom stereocenters. The Balaban J connectivity index is 1.62. The largest absolute Gasteiger partial charge is 0.548 e. The number of aliphatic carboxylic acids is 1. The fourth-order valence-corrected chi connectivity index (χ4v) is 7.43. The zero-order valence-corrected chi connectivity index (χ0v) is 24.8. The van der Waals surface area contributed by atoms with Crippen LogP contribution in [0.15, 0.2) is 100 Å². The number of para-hydroxylation sites is 1. The number of carbonyl (C=O) groups is 1. The molecular formula is C34H32NO6S-. The lowest BCUT2D eigenvalue weighted by atomic mass is 10.0. The van der Waals surface area contributed by atoms with Crippen LogP contribution >= 0.6 is 0 Å². The van der Waals surface area contributed by atoms with Gasteiger partial charge in [0.1, 0.15) is 17.1 Å². The summed E-state index contributed by atoms with van der Waals surface area (Å²) < 4.78 is 41.6. The highest BCUT2D eigenvalue weighted by Crippen LogP contribution is 2.35. The van der Waals surface area contributed by atoms with E-state index in [-0.39, 0.29) is 17.9 Å². The van der Waals surface area contributed by atoms with Gasteiger partial charge >= 0.3 is 0 Å². The van der Waals surface area contributed by atoms with E-state index in [9.17, 15) is 18.3 Å². The van der Waals surface area contributed by atoms with Gasteiger partial charge in [-0.3, -0.25) is 0 Å². The first-order valence-corrected chi connectivity index (χ1v) is 15.0. The van der Waals surface area contributed by atoms with Crippen molar-refractivity contribution >= 4 is 27.0 Å². The van der Waals surface area contributed by atoms with E-state index in [0.29, 0.717) is 39.3 Å². The number of rotatable bonds is 10. The number of nitrogens with zero attached hydrogens (tertiary/aromatic N) is 1. The highest BCUT2D eigenvalue weighted by molar-refractivity contribution is 7.89. The molecule has 42 heavy (non-hydrogen) atoms. The number of carbonyl (C=O) groups excluding carboxylic acids is 1. The number of carboxylic acid groups (broad SMARTS) is 1. The van der Waals surface area contributed by atoms with Crippen LogP contribution in [0.3, 0.4) is 0 Å². The number of carboxylic acids is 1. The van der Waals surface area contributed by atoms with Gasteiger partial charge in [-0.2, -0.15) is 4.31 Å². The van der Waals surface area contributed by atoms with Crippen LogP contribution in [0.2, 0.25) is 0 Å². The molecular weight excluding hydrogens is 550 g/mol. The van der Waals surface area contributed by atoms with Crippen LogP contribution in [0.25, 0.3) is 22.3 Å². The molecule has 0 N–H and O–H groups in total. The fraction of sp³-hybridized carbons (Fsp3) is 0.206. The van der Waals surface area contributed by atoms with E-state index in [4.69, 9.17) is 9.15 Å². The molecule has 4 aromatic carbocycles. The summed E-state index contributed by atoms with van der Waals surface area (Å²) in [5, 5.41) is 13.6. The summed E-state index contributed by atoms with van der Waals surface area (Å²) in [6.45, 7) is 5.00. The van der Waals surface area contributed by atoms with Crippen LogP contribution in [0, 0.1) is 20.8 Å². The molecule has 0 saturated heterocycles. The average molecular weight is 583 g/mol. The highest BCUT2D eigenvalue weighted by atomic mass is 32.2. The number of sulfonamides is 1. The Morgan fingerprint density at radius 1 is 0.881 bits per heavy atom. The topological polar surface area (TPSA) is 99.9 Å². The minimum atomic E-state index is -4.34. The summed E-state index contributed by atoms with van der Waals surface area (Å²) in [6.07, 6.45) is -0.0566. The van der Waals surface area contributed by atoms with Gasteiger partial charge in [0.2, 0.25) is 10.0 Å². The lowest BCUT2D eigenvalue weighted by Gasteiger charge is -2.33. The van der Waals surface area contributed by atoms with Crippen LogP contribution in [0.5, 0.6) is 5.75 Å². The zero-order valence-electron chi connectivity index (χ0n) is 24.0. The number of benzene rings is 4. The van der Waals surface area contributed by atoms with E-state index in [2.05, 4.69) is 0 Å². The van der Waals surface area contributed by atoms with Crippen LogP contribution < -0.4 is 9.84 Å². The predicted octanol–water partition coefficient (Wildman–Crippen LogP) is 5.59. The second kappa shape index (κ2) is 11.8. The second-order valence-corrected chi connectivity index (χ2v) is 12.2. The molecule has 0 amide bonds. The van der Waals surface area contributed by atoms with Gasteiger partial charge in [-0.05, 0) is 79.3 Å². The number of hydrogen-bond acceptors (Lipinski definition) is 6. The Bertz CT molecular complexity index is 1830. The molecule has 0 aliphatic heterocycles. The molecule has 1 aromatic heterocycles.